The number of cyclic esters (lactones) is 1. The molecule has 2 rings (SSSR count). The van der Waals surface area contributed by atoms with Crippen molar-refractivity contribution in [3.05, 3.63) is 47.7 Å². The number of ether oxygens (including phenoxy) is 3. The Morgan fingerprint density at radius 2 is 2.10 bits per heavy atom. The van der Waals surface area contributed by atoms with Crippen LogP contribution >= 0.6 is 0 Å². The van der Waals surface area contributed by atoms with Crippen molar-refractivity contribution in [1.29, 1.82) is 0 Å². The quantitative estimate of drug-likeness (QED) is 0.796. The number of hydrogen-bond acceptors (Lipinski definition) is 6. The smallest absolute Gasteiger partial charge is 0.335 e. The minimum Gasteiger partial charge on any atom is -0.497 e. The van der Waals surface area contributed by atoms with Crippen LogP contribution in [0, 0.1) is 0 Å². The van der Waals surface area contributed by atoms with Crippen LogP contribution in [0.15, 0.2) is 42.2 Å². The second-order valence-electron chi connectivity index (χ2n) is 4.13. The summed E-state index contributed by atoms with van der Waals surface area (Å²) in [5, 5.41) is 0. The molecule has 1 aliphatic heterocycles. The van der Waals surface area contributed by atoms with Crippen LogP contribution in [0.4, 0.5) is 0 Å². The summed E-state index contributed by atoms with van der Waals surface area (Å²) in [6.45, 7) is -0.254. The SMILES string of the molecule is COC1=CC(=O)OC1C(OC(=O)CN)c1ccccc1. The number of esters is 2. The van der Waals surface area contributed by atoms with Crippen molar-refractivity contribution in [2.75, 3.05) is 13.7 Å². The van der Waals surface area contributed by atoms with Crippen LogP contribution < -0.4 is 5.73 Å². The number of carbonyl (C=O) groups excluding carboxylic acids is 2. The molecule has 0 aliphatic carbocycles. The van der Waals surface area contributed by atoms with Crippen molar-refractivity contribution in [3.8, 4) is 0 Å². The van der Waals surface area contributed by atoms with E-state index in [1.165, 1.54) is 13.2 Å². The molecule has 0 fully saturated rings. The Hall–Kier alpha value is -2.34. The molecule has 2 unspecified atom stereocenters. The van der Waals surface area contributed by atoms with Gasteiger partial charge in [-0.1, -0.05) is 30.3 Å². The summed E-state index contributed by atoms with van der Waals surface area (Å²) in [6.07, 6.45) is -0.355. The van der Waals surface area contributed by atoms with Crippen molar-refractivity contribution in [2.45, 2.75) is 12.2 Å². The summed E-state index contributed by atoms with van der Waals surface area (Å²) in [7, 11) is 1.42. The molecule has 6 heteroatoms. The van der Waals surface area contributed by atoms with Gasteiger partial charge in [-0.2, -0.15) is 0 Å². The fourth-order valence-electron chi connectivity index (χ4n) is 1.94. The fourth-order valence-corrected chi connectivity index (χ4v) is 1.94. The largest absolute Gasteiger partial charge is 0.497 e. The molecule has 0 aromatic heterocycles. The molecule has 6 nitrogen and oxygen atoms in total. The first kappa shape index (κ1) is 14.1. The Morgan fingerprint density at radius 3 is 2.70 bits per heavy atom. The van der Waals surface area contributed by atoms with E-state index in [1.807, 2.05) is 6.07 Å². The number of benzene rings is 1. The number of rotatable bonds is 5. The van der Waals surface area contributed by atoms with Gasteiger partial charge in [0.2, 0.25) is 0 Å². The molecule has 0 spiro atoms. The summed E-state index contributed by atoms with van der Waals surface area (Å²) in [4.78, 5) is 22.9. The Morgan fingerprint density at radius 1 is 1.40 bits per heavy atom. The molecule has 0 saturated heterocycles. The first-order chi connectivity index (χ1) is 9.65. The Kier molecular flexibility index (Phi) is 4.37. The van der Waals surface area contributed by atoms with Gasteiger partial charge >= 0.3 is 11.9 Å². The van der Waals surface area contributed by atoms with Gasteiger partial charge in [-0.3, -0.25) is 4.79 Å². The van der Waals surface area contributed by atoms with Crippen LogP contribution in [0.3, 0.4) is 0 Å². The van der Waals surface area contributed by atoms with E-state index in [1.54, 1.807) is 24.3 Å². The van der Waals surface area contributed by atoms with E-state index in [0.717, 1.165) is 0 Å². The molecule has 0 bridgehead atoms. The third-order valence-corrected chi connectivity index (χ3v) is 2.85. The van der Waals surface area contributed by atoms with Gasteiger partial charge in [-0.15, -0.1) is 0 Å². The number of hydrogen-bond donors (Lipinski definition) is 1. The summed E-state index contributed by atoms with van der Waals surface area (Å²) < 4.78 is 15.5. The minimum atomic E-state index is -0.801. The van der Waals surface area contributed by atoms with Gasteiger partial charge < -0.3 is 19.9 Å². The monoisotopic (exact) mass is 277 g/mol. The van der Waals surface area contributed by atoms with Gasteiger partial charge in [-0.05, 0) is 5.56 Å². The van der Waals surface area contributed by atoms with E-state index in [9.17, 15) is 9.59 Å². The maximum absolute atomic E-state index is 11.5. The molecule has 106 valence electrons. The summed E-state index contributed by atoms with van der Waals surface area (Å²) in [5.74, 6) is -0.803. The van der Waals surface area contributed by atoms with Crippen LogP contribution in [0.5, 0.6) is 0 Å². The van der Waals surface area contributed by atoms with E-state index >= 15 is 0 Å². The van der Waals surface area contributed by atoms with Crippen molar-refractivity contribution in [1.82, 2.24) is 0 Å². The summed E-state index contributed by atoms with van der Waals surface area (Å²) >= 11 is 0. The normalized spacial score (nSPS) is 19.0. The van der Waals surface area contributed by atoms with Gasteiger partial charge in [0.1, 0.15) is 5.76 Å². The third kappa shape index (κ3) is 2.97. The molecule has 1 aliphatic rings. The number of nitrogens with two attached hydrogens (primary N) is 1. The zero-order valence-corrected chi connectivity index (χ0v) is 10.9. The predicted octanol–water partition coefficient (Wildman–Crippen LogP) is 0.685. The maximum Gasteiger partial charge on any atom is 0.335 e. The first-order valence-corrected chi connectivity index (χ1v) is 6.06. The van der Waals surface area contributed by atoms with Crippen LogP contribution in [0.1, 0.15) is 11.7 Å². The molecule has 2 atom stereocenters. The Bertz CT molecular complexity index is 526. The fraction of sp³-hybridized carbons (Fsp3) is 0.286. The zero-order chi connectivity index (χ0) is 14.5. The van der Waals surface area contributed by atoms with Crippen LogP contribution in [-0.2, 0) is 23.8 Å². The first-order valence-electron chi connectivity index (χ1n) is 6.06. The summed E-state index contributed by atoms with van der Waals surface area (Å²) in [6, 6.07) is 8.97. The van der Waals surface area contributed by atoms with Crippen LogP contribution in [0.25, 0.3) is 0 Å². The highest BCUT2D eigenvalue weighted by atomic mass is 16.6. The summed E-state index contributed by atoms with van der Waals surface area (Å²) in [5.41, 5.74) is 5.96. The van der Waals surface area contributed by atoms with Crippen molar-refractivity contribution in [2.24, 2.45) is 5.73 Å². The maximum atomic E-state index is 11.5. The molecule has 1 heterocycles. The Balaban J connectivity index is 2.30. The standard InChI is InChI=1S/C14H15NO5/c1-18-10-7-11(16)19-14(10)13(20-12(17)8-15)9-5-3-2-4-6-9/h2-7,13-14H,8,15H2,1H3. The second kappa shape index (κ2) is 6.21. The molecule has 2 N–H and O–H groups in total. The minimum absolute atomic E-state index is 0.254. The molecule has 1 aromatic carbocycles. The molecule has 0 saturated carbocycles. The van der Waals surface area contributed by atoms with Gasteiger partial charge in [0.15, 0.2) is 12.2 Å². The average Bonchev–Trinajstić information content (AvgIpc) is 2.86. The van der Waals surface area contributed by atoms with Crippen molar-refractivity contribution in [3.63, 3.8) is 0 Å². The molecular weight excluding hydrogens is 262 g/mol. The lowest BCUT2D eigenvalue weighted by Crippen LogP contribution is -2.29. The van der Waals surface area contributed by atoms with Gasteiger partial charge in [0.25, 0.3) is 0 Å². The molecule has 1 aromatic rings. The lowest BCUT2D eigenvalue weighted by molar-refractivity contribution is -0.161. The number of carbonyl (C=O) groups is 2. The molecule has 0 amide bonds. The van der Waals surface area contributed by atoms with E-state index in [4.69, 9.17) is 19.9 Å². The van der Waals surface area contributed by atoms with E-state index in [2.05, 4.69) is 0 Å². The van der Waals surface area contributed by atoms with E-state index in [0.29, 0.717) is 11.3 Å². The third-order valence-electron chi connectivity index (χ3n) is 2.85. The van der Waals surface area contributed by atoms with Gasteiger partial charge in [-0.25, -0.2) is 4.79 Å². The molecule has 20 heavy (non-hydrogen) atoms. The van der Waals surface area contributed by atoms with Crippen molar-refractivity contribution < 1.29 is 23.8 Å². The van der Waals surface area contributed by atoms with Gasteiger partial charge in [0, 0.05) is 0 Å². The number of methoxy groups -OCH3 is 1. The van der Waals surface area contributed by atoms with Crippen molar-refractivity contribution >= 4 is 11.9 Å². The second-order valence-corrected chi connectivity index (χ2v) is 4.13. The van der Waals surface area contributed by atoms with E-state index < -0.39 is 24.1 Å². The lowest BCUT2D eigenvalue weighted by atomic mass is 10.0. The van der Waals surface area contributed by atoms with E-state index in [-0.39, 0.29) is 6.54 Å². The lowest BCUT2D eigenvalue weighted by Gasteiger charge is -2.24. The highest BCUT2D eigenvalue weighted by molar-refractivity contribution is 5.85. The highest BCUT2D eigenvalue weighted by Crippen LogP contribution is 2.32. The molecular formula is C14H15NO5. The molecule has 0 radical (unpaired) electrons. The highest BCUT2D eigenvalue weighted by Gasteiger charge is 2.38. The van der Waals surface area contributed by atoms with Crippen LogP contribution in [0.2, 0.25) is 0 Å². The van der Waals surface area contributed by atoms with Crippen LogP contribution in [-0.4, -0.2) is 31.7 Å². The van der Waals surface area contributed by atoms with Gasteiger partial charge in [0.05, 0.1) is 19.7 Å². The Labute approximate surface area is 116 Å². The average molecular weight is 277 g/mol. The predicted molar refractivity (Wildman–Crippen MR) is 69.3 cm³/mol. The topological polar surface area (TPSA) is 87.9 Å². The zero-order valence-electron chi connectivity index (χ0n) is 10.9.